The number of benzene rings is 1. The molecule has 0 saturated carbocycles. The molecule has 11 nitrogen and oxygen atoms in total. The number of nitrogens with two attached hydrogens (primary N) is 1. The number of anilines is 2. The van der Waals surface area contributed by atoms with Gasteiger partial charge < -0.3 is 25.4 Å². The largest absolute Gasteiger partial charge is 0.448 e. The maximum Gasteiger partial charge on any atom is 0.409 e. The lowest BCUT2D eigenvalue weighted by Crippen LogP contribution is -2.47. The van der Waals surface area contributed by atoms with E-state index in [1.165, 1.54) is 12.1 Å². The van der Waals surface area contributed by atoms with E-state index >= 15 is 0 Å². The molecular weight excluding hydrogens is 469 g/mol. The molecule has 1 aromatic carbocycles. The fraction of sp³-hybridized carbons (Fsp3) is 0.500. The average molecular weight is 500 g/mol. The molecule has 2 unspecified atom stereocenters. The van der Waals surface area contributed by atoms with Crippen molar-refractivity contribution in [2.75, 3.05) is 64.4 Å². The number of ether oxygens (including phenoxy) is 2. The zero-order valence-electron chi connectivity index (χ0n) is 19.9. The number of primary amides is 1. The maximum absolute atomic E-state index is 13.3. The lowest BCUT2D eigenvalue weighted by Gasteiger charge is -2.36. The maximum atomic E-state index is 13.3. The van der Waals surface area contributed by atoms with Crippen molar-refractivity contribution in [2.45, 2.75) is 12.5 Å². The molecule has 3 aliphatic heterocycles. The van der Waals surface area contributed by atoms with Gasteiger partial charge in [0.25, 0.3) is 5.91 Å². The first-order valence-electron chi connectivity index (χ1n) is 12.1. The quantitative estimate of drug-likeness (QED) is 0.565. The third-order valence-electron chi connectivity index (χ3n) is 6.78. The van der Waals surface area contributed by atoms with Crippen LogP contribution in [-0.2, 0) is 9.47 Å². The molecule has 2 saturated heterocycles. The molecule has 2 amide bonds. The predicted molar refractivity (Wildman–Crippen MR) is 130 cm³/mol. The van der Waals surface area contributed by atoms with Gasteiger partial charge in [0, 0.05) is 56.2 Å². The fourth-order valence-corrected chi connectivity index (χ4v) is 4.71. The van der Waals surface area contributed by atoms with E-state index in [1.807, 2.05) is 0 Å². The second-order valence-corrected chi connectivity index (χ2v) is 9.15. The Kier molecular flexibility index (Phi) is 7.14. The monoisotopic (exact) mass is 499 g/mol. The van der Waals surface area contributed by atoms with Crippen LogP contribution in [0.1, 0.15) is 22.8 Å². The van der Waals surface area contributed by atoms with E-state index in [9.17, 15) is 14.0 Å². The van der Waals surface area contributed by atoms with E-state index in [0.717, 1.165) is 18.8 Å². The standard InChI is InChI=1S/C24H30FN7O4/c25-16-1-3-17(4-2-16)28-23-19(22(26)33)15-32(29-23)21-5-6-31(14-18(21)20-13-27-20)24(34)36-12-9-30-7-10-35-11-8-30/h1-4,15,18,21H,5-14H2,(H2,26,33)(H,28,29). The number of rotatable bonds is 8. The van der Waals surface area contributed by atoms with Gasteiger partial charge in [-0.3, -0.25) is 19.4 Å². The number of hydrogen-bond donors (Lipinski definition) is 2. The summed E-state index contributed by atoms with van der Waals surface area (Å²) in [4.78, 5) is 33.2. The van der Waals surface area contributed by atoms with Crippen molar-refractivity contribution in [2.24, 2.45) is 16.6 Å². The third kappa shape index (κ3) is 5.65. The van der Waals surface area contributed by atoms with Crippen molar-refractivity contribution < 1.29 is 23.5 Å². The van der Waals surface area contributed by atoms with Gasteiger partial charge in [0.1, 0.15) is 18.0 Å². The van der Waals surface area contributed by atoms with Crippen LogP contribution in [0.3, 0.4) is 0 Å². The highest BCUT2D eigenvalue weighted by Gasteiger charge is 2.39. The van der Waals surface area contributed by atoms with Crippen LogP contribution in [0.2, 0.25) is 0 Å². The lowest BCUT2D eigenvalue weighted by atomic mass is 9.90. The summed E-state index contributed by atoms with van der Waals surface area (Å²) in [7, 11) is 0. The van der Waals surface area contributed by atoms with Crippen molar-refractivity contribution in [3.63, 3.8) is 0 Å². The molecule has 1 aromatic heterocycles. The molecule has 12 heteroatoms. The molecule has 5 rings (SSSR count). The van der Waals surface area contributed by atoms with Gasteiger partial charge in [-0.15, -0.1) is 0 Å². The molecule has 0 aliphatic carbocycles. The van der Waals surface area contributed by atoms with E-state index in [-0.39, 0.29) is 29.4 Å². The Balaban J connectivity index is 1.24. The summed E-state index contributed by atoms with van der Waals surface area (Å²) < 4.78 is 25.9. The number of nitrogens with zero attached hydrogens (tertiary/aromatic N) is 5. The van der Waals surface area contributed by atoms with Crippen LogP contribution in [-0.4, -0.2) is 96.4 Å². The summed E-state index contributed by atoms with van der Waals surface area (Å²) in [6.45, 7) is 5.75. The first-order valence-corrected chi connectivity index (χ1v) is 12.1. The highest BCUT2D eigenvalue weighted by atomic mass is 19.1. The number of piperidine rings is 1. The number of aromatic nitrogens is 2. The summed E-state index contributed by atoms with van der Waals surface area (Å²) in [5, 5.41) is 7.66. The van der Waals surface area contributed by atoms with Gasteiger partial charge in [-0.1, -0.05) is 0 Å². The molecule has 0 spiro atoms. The lowest BCUT2D eigenvalue weighted by molar-refractivity contribution is 0.0227. The zero-order chi connectivity index (χ0) is 25.1. The Morgan fingerprint density at radius 3 is 2.64 bits per heavy atom. The summed E-state index contributed by atoms with van der Waals surface area (Å²) in [6.07, 6.45) is 1.92. The molecule has 2 atom stereocenters. The molecule has 2 aromatic rings. The molecule has 4 heterocycles. The third-order valence-corrected chi connectivity index (χ3v) is 6.78. The van der Waals surface area contributed by atoms with Crippen LogP contribution in [0.4, 0.5) is 20.7 Å². The molecule has 192 valence electrons. The highest BCUT2D eigenvalue weighted by molar-refractivity contribution is 6.00. The zero-order valence-corrected chi connectivity index (χ0v) is 19.9. The van der Waals surface area contributed by atoms with Crippen molar-refractivity contribution >= 4 is 29.2 Å². The number of carbonyl (C=O) groups is 2. The Bertz CT molecular complexity index is 1130. The van der Waals surface area contributed by atoms with Gasteiger partial charge in [0.2, 0.25) is 0 Å². The van der Waals surface area contributed by atoms with Gasteiger partial charge in [-0.2, -0.15) is 5.10 Å². The van der Waals surface area contributed by atoms with Crippen molar-refractivity contribution in [3.05, 3.63) is 41.8 Å². The van der Waals surface area contributed by atoms with Crippen LogP contribution in [0.5, 0.6) is 0 Å². The normalized spacial score (nSPS) is 22.1. The minimum atomic E-state index is -0.618. The summed E-state index contributed by atoms with van der Waals surface area (Å²) in [6, 6.07) is 5.67. The minimum Gasteiger partial charge on any atom is -0.448 e. The molecule has 3 aliphatic rings. The number of aliphatic imine (C=N–C) groups is 1. The Hall–Kier alpha value is -3.51. The number of likely N-dealkylation sites (tertiary alicyclic amines) is 1. The number of amides is 2. The van der Waals surface area contributed by atoms with E-state index < -0.39 is 5.91 Å². The molecular formula is C24H30FN7O4. The number of carbonyl (C=O) groups excluding carboxylic acids is 2. The first kappa shape index (κ1) is 24.2. The van der Waals surface area contributed by atoms with Crippen molar-refractivity contribution in [3.8, 4) is 0 Å². The van der Waals surface area contributed by atoms with Crippen LogP contribution in [0.15, 0.2) is 35.5 Å². The number of hydrogen-bond acceptors (Lipinski definition) is 8. The number of morpholine rings is 1. The molecule has 0 bridgehead atoms. The molecule has 0 radical (unpaired) electrons. The van der Waals surface area contributed by atoms with Gasteiger partial charge in [-0.25, -0.2) is 9.18 Å². The average Bonchev–Trinajstić information content (AvgIpc) is 3.65. The number of nitrogens with one attached hydrogen (secondary N) is 1. The topological polar surface area (TPSA) is 127 Å². The molecule has 36 heavy (non-hydrogen) atoms. The summed E-state index contributed by atoms with van der Waals surface area (Å²) >= 11 is 0. The van der Waals surface area contributed by atoms with Gasteiger partial charge in [0.15, 0.2) is 5.82 Å². The smallest absolute Gasteiger partial charge is 0.409 e. The van der Waals surface area contributed by atoms with E-state index in [1.54, 1.807) is 27.9 Å². The predicted octanol–water partition coefficient (Wildman–Crippen LogP) is 1.65. The van der Waals surface area contributed by atoms with Crippen LogP contribution >= 0.6 is 0 Å². The van der Waals surface area contributed by atoms with Crippen LogP contribution < -0.4 is 11.1 Å². The Labute approximate surface area is 208 Å². The molecule has 2 fully saturated rings. The van der Waals surface area contributed by atoms with Gasteiger partial charge in [-0.05, 0) is 30.7 Å². The second-order valence-electron chi connectivity index (χ2n) is 9.15. The van der Waals surface area contributed by atoms with Gasteiger partial charge in [0.05, 0.1) is 25.8 Å². The van der Waals surface area contributed by atoms with E-state index in [2.05, 4.69) is 20.3 Å². The fourth-order valence-electron chi connectivity index (χ4n) is 4.71. The Morgan fingerprint density at radius 2 is 1.94 bits per heavy atom. The van der Waals surface area contributed by atoms with Crippen molar-refractivity contribution in [1.82, 2.24) is 19.6 Å². The highest BCUT2D eigenvalue weighted by Crippen LogP contribution is 2.34. The number of halogens is 1. The summed E-state index contributed by atoms with van der Waals surface area (Å²) in [5.74, 6) is -0.714. The molecule has 3 N–H and O–H groups in total. The Morgan fingerprint density at radius 1 is 1.19 bits per heavy atom. The van der Waals surface area contributed by atoms with Crippen molar-refractivity contribution in [1.29, 1.82) is 0 Å². The first-order chi connectivity index (χ1) is 17.5. The van der Waals surface area contributed by atoms with Crippen LogP contribution in [0, 0.1) is 11.7 Å². The SMILES string of the molecule is NC(=O)c1cn(C2CCN(C(=O)OCCN3CCOCC3)CC2C2=NC2)nc1Nc1ccc(F)cc1. The van der Waals surface area contributed by atoms with Gasteiger partial charge >= 0.3 is 6.09 Å². The van der Waals surface area contributed by atoms with E-state index in [0.29, 0.717) is 63.9 Å². The van der Waals surface area contributed by atoms with E-state index in [4.69, 9.17) is 15.2 Å². The second kappa shape index (κ2) is 10.6. The van der Waals surface area contributed by atoms with Crippen LogP contribution in [0.25, 0.3) is 0 Å². The minimum absolute atomic E-state index is 0.0372. The summed E-state index contributed by atoms with van der Waals surface area (Å²) in [5.41, 5.74) is 7.45.